The molecule has 0 aromatic heterocycles. The third kappa shape index (κ3) is 9.21. The number of aliphatic carboxylic acids is 1. The molecule has 11 heteroatoms. The number of carboxylic acids is 1. The van der Waals surface area contributed by atoms with Gasteiger partial charge >= 0.3 is 5.97 Å². The second kappa shape index (κ2) is 13.7. The molecule has 0 rings (SSSR count). The molecule has 0 aliphatic heterocycles. The predicted octanol–water partition coefficient (Wildman–Crippen LogP) is -0.524. The monoisotopic (exact) mass is 457 g/mol. The van der Waals surface area contributed by atoms with E-state index >= 15 is 0 Å². The molecule has 0 aromatic rings. The van der Waals surface area contributed by atoms with E-state index in [2.05, 4.69) is 16.0 Å². The summed E-state index contributed by atoms with van der Waals surface area (Å²) in [7, 11) is 0. The van der Waals surface area contributed by atoms with Crippen molar-refractivity contribution in [2.75, 3.05) is 0 Å². The van der Waals surface area contributed by atoms with E-state index in [0.717, 1.165) is 0 Å². The average molecular weight is 458 g/mol. The van der Waals surface area contributed by atoms with E-state index in [4.69, 9.17) is 11.5 Å². The lowest BCUT2D eigenvalue weighted by Crippen LogP contribution is -2.60. The summed E-state index contributed by atoms with van der Waals surface area (Å²) >= 11 is 0. The first-order valence-corrected chi connectivity index (χ1v) is 10.9. The molecule has 0 radical (unpaired) electrons. The number of carbonyl (C=O) groups excluding carboxylic acids is 4. The third-order valence-electron chi connectivity index (χ3n) is 5.57. The molecule has 0 spiro atoms. The number of hydrogen-bond acceptors (Lipinski definition) is 6. The van der Waals surface area contributed by atoms with E-state index in [9.17, 15) is 29.1 Å². The van der Waals surface area contributed by atoms with Crippen LogP contribution in [-0.2, 0) is 24.0 Å². The van der Waals surface area contributed by atoms with Gasteiger partial charge in [0.05, 0.1) is 12.5 Å². The quantitative estimate of drug-likeness (QED) is 0.202. The Morgan fingerprint density at radius 1 is 0.750 bits per heavy atom. The third-order valence-corrected chi connectivity index (χ3v) is 5.57. The number of nitrogens with two attached hydrogens (primary N) is 2. The molecule has 0 heterocycles. The highest BCUT2D eigenvalue weighted by Gasteiger charge is 2.34. The van der Waals surface area contributed by atoms with Crippen molar-refractivity contribution in [2.24, 2.45) is 29.2 Å². The average Bonchev–Trinajstić information content (AvgIpc) is 2.71. The fourth-order valence-corrected chi connectivity index (χ4v) is 2.98. The maximum atomic E-state index is 13.0. The number of hydrogen-bond donors (Lipinski definition) is 6. The minimum absolute atomic E-state index is 0.303. The Morgan fingerprint density at radius 3 is 1.56 bits per heavy atom. The van der Waals surface area contributed by atoms with Crippen LogP contribution < -0.4 is 27.4 Å². The SMILES string of the molecule is CCC(C)C(NC(=O)C(NC(=O)C(NC(=O)C(N)CC(N)=O)C(C)CC)C(C)C)C(=O)O. The lowest BCUT2D eigenvalue weighted by atomic mass is 9.95. The summed E-state index contributed by atoms with van der Waals surface area (Å²) < 4.78 is 0. The van der Waals surface area contributed by atoms with Gasteiger partial charge in [0.15, 0.2) is 0 Å². The topological polar surface area (TPSA) is 194 Å². The number of rotatable bonds is 14. The molecule has 0 fully saturated rings. The lowest BCUT2D eigenvalue weighted by Gasteiger charge is -2.30. The van der Waals surface area contributed by atoms with Gasteiger partial charge in [0.1, 0.15) is 18.1 Å². The summed E-state index contributed by atoms with van der Waals surface area (Å²) in [6.07, 6.45) is 0.713. The van der Waals surface area contributed by atoms with Crippen molar-refractivity contribution in [3.63, 3.8) is 0 Å². The molecule has 0 aliphatic rings. The van der Waals surface area contributed by atoms with Gasteiger partial charge in [0, 0.05) is 0 Å². The molecule has 6 unspecified atom stereocenters. The number of primary amides is 1. The Bertz CT molecular complexity index is 684. The van der Waals surface area contributed by atoms with Gasteiger partial charge in [-0.1, -0.05) is 54.4 Å². The van der Waals surface area contributed by atoms with Gasteiger partial charge in [-0.05, 0) is 17.8 Å². The Morgan fingerprint density at radius 2 is 1.16 bits per heavy atom. The summed E-state index contributed by atoms with van der Waals surface area (Å²) in [5.41, 5.74) is 10.7. The minimum atomic E-state index is -1.21. The van der Waals surface area contributed by atoms with Gasteiger partial charge in [-0.25, -0.2) is 4.79 Å². The Kier molecular flexibility index (Phi) is 12.5. The van der Waals surface area contributed by atoms with Crippen molar-refractivity contribution in [3.05, 3.63) is 0 Å². The lowest BCUT2D eigenvalue weighted by molar-refractivity contribution is -0.144. The maximum absolute atomic E-state index is 13.0. The van der Waals surface area contributed by atoms with Crippen molar-refractivity contribution in [3.8, 4) is 0 Å². The van der Waals surface area contributed by atoms with Crippen molar-refractivity contribution in [2.45, 2.75) is 85.0 Å². The second-order valence-corrected chi connectivity index (χ2v) is 8.59. The van der Waals surface area contributed by atoms with Crippen LogP contribution in [0, 0.1) is 17.8 Å². The van der Waals surface area contributed by atoms with E-state index in [1.165, 1.54) is 0 Å². The van der Waals surface area contributed by atoms with Crippen LogP contribution in [0.15, 0.2) is 0 Å². The summed E-state index contributed by atoms with van der Waals surface area (Å²) in [5, 5.41) is 17.1. The highest BCUT2D eigenvalue weighted by molar-refractivity contribution is 5.95. The summed E-state index contributed by atoms with van der Waals surface area (Å²) in [6, 6.07) is -4.33. The van der Waals surface area contributed by atoms with Gasteiger partial charge in [-0.2, -0.15) is 0 Å². The van der Waals surface area contributed by atoms with Crippen LogP contribution in [0.4, 0.5) is 0 Å². The van der Waals surface area contributed by atoms with Crippen LogP contribution in [0.3, 0.4) is 0 Å². The van der Waals surface area contributed by atoms with Crippen molar-refractivity contribution < 1.29 is 29.1 Å². The molecule has 32 heavy (non-hydrogen) atoms. The zero-order valence-electron chi connectivity index (χ0n) is 19.8. The van der Waals surface area contributed by atoms with Crippen molar-refractivity contribution in [1.29, 1.82) is 0 Å². The molecular weight excluding hydrogens is 418 g/mol. The highest BCUT2D eigenvalue weighted by Crippen LogP contribution is 2.12. The van der Waals surface area contributed by atoms with Crippen molar-refractivity contribution in [1.82, 2.24) is 16.0 Å². The molecule has 11 nitrogen and oxygen atoms in total. The summed E-state index contributed by atoms with van der Waals surface area (Å²) in [4.78, 5) is 60.7. The van der Waals surface area contributed by atoms with Crippen LogP contribution in [0.2, 0.25) is 0 Å². The largest absolute Gasteiger partial charge is 0.480 e. The first-order chi connectivity index (χ1) is 14.8. The maximum Gasteiger partial charge on any atom is 0.326 e. The molecule has 0 saturated carbocycles. The normalized spacial score (nSPS) is 16.8. The Hall–Kier alpha value is -2.69. The standard InChI is InChI=1S/C21H39N5O6/c1-7-11(5)16(25-18(28)13(22)9-14(23)27)20(30)24-15(10(3)4)19(29)26-17(21(31)32)12(6)8-2/h10-13,15-17H,7-9,22H2,1-6H3,(H2,23,27)(H,24,30)(H,25,28)(H,26,29)(H,31,32). The summed E-state index contributed by atoms with van der Waals surface area (Å²) in [6.45, 7) is 10.5. The Labute approximate surface area is 189 Å². The molecule has 0 aromatic carbocycles. The van der Waals surface area contributed by atoms with Crippen molar-refractivity contribution >= 4 is 29.6 Å². The van der Waals surface area contributed by atoms with E-state index in [1.54, 1.807) is 27.7 Å². The molecule has 0 saturated heterocycles. The van der Waals surface area contributed by atoms with E-state index in [0.29, 0.717) is 12.8 Å². The molecule has 8 N–H and O–H groups in total. The number of amides is 4. The van der Waals surface area contributed by atoms with Gasteiger partial charge in [0.25, 0.3) is 0 Å². The van der Waals surface area contributed by atoms with Crippen LogP contribution in [-0.4, -0.2) is 58.9 Å². The van der Waals surface area contributed by atoms with E-state index < -0.39 is 53.8 Å². The predicted molar refractivity (Wildman–Crippen MR) is 119 cm³/mol. The first-order valence-electron chi connectivity index (χ1n) is 10.9. The summed E-state index contributed by atoms with van der Waals surface area (Å²) in [5.74, 6) is -4.81. The van der Waals surface area contributed by atoms with Crippen LogP contribution in [0.1, 0.15) is 60.8 Å². The van der Waals surface area contributed by atoms with Crippen LogP contribution in [0.5, 0.6) is 0 Å². The first kappa shape index (κ1) is 29.3. The van der Waals surface area contributed by atoms with Gasteiger partial charge in [-0.3, -0.25) is 19.2 Å². The molecule has 6 atom stereocenters. The second-order valence-electron chi connectivity index (χ2n) is 8.59. The van der Waals surface area contributed by atoms with E-state index in [-0.39, 0.29) is 24.2 Å². The minimum Gasteiger partial charge on any atom is -0.480 e. The fraction of sp³-hybridized carbons (Fsp3) is 0.762. The van der Waals surface area contributed by atoms with E-state index in [1.807, 2.05) is 13.8 Å². The van der Waals surface area contributed by atoms with Crippen LogP contribution in [0.25, 0.3) is 0 Å². The number of nitrogens with one attached hydrogen (secondary N) is 3. The van der Waals surface area contributed by atoms with Gasteiger partial charge < -0.3 is 32.5 Å². The highest BCUT2D eigenvalue weighted by atomic mass is 16.4. The van der Waals surface area contributed by atoms with Gasteiger partial charge in [-0.15, -0.1) is 0 Å². The molecule has 0 aliphatic carbocycles. The Balaban J connectivity index is 5.53. The smallest absolute Gasteiger partial charge is 0.326 e. The van der Waals surface area contributed by atoms with Gasteiger partial charge in [0.2, 0.25) is 23.6 Å². The molecule has 0 bridgehead atoms. The number of carboxylic acid groups (broad SMARTS) is 1. The molecule has 4 amide bonds. The fourth-order valence-electron chi connectivity index (χ4n) is 2.98. The zero-order chi connectivity index (χ0) is 25.2. The number of carbonyl (C=O) groups is 5. The molecular formula is C21H39N5O6. The molecule has 184 valence electrons. The zero-order valence-corrected chi connectivity index (χ0v) is 19.8. The van der Waals surface area contributed by atoms with Crippen LogP contribution >= 0.6 is 0 Å².